The second kappa shape index (κ2) is 11.7. The molecule has 2 aromatic heterocycles. The molecule has 9 heteroatoms. The van der Waals surface area contributed by atoms with Gasteiger partial charge in [0.2, 0.25) is 0 Å². The van der Waals surface area contributed by atoms with Gasteiger partial charge in [0.25, 0.3) is 0 Å². The summed E-state index contributed by atoms with van der Waals surface area (Å²) in [5.41, 5.74) is 10.5. The van der Waals surface area contributed by atoms with Crippen molar-refractivity contribution in [1.82, 2.24) is 6.55 Å². The van der Waals surface area contributed by atoms with Crippen LogP contribution in [-0.2, 0) is 0 Å². The number of hydrogen-bond donors (Lipinski definition) is 0. The molecular formula is C52H32GaN8. The van der Waals surface area contributed by atoms with E-state index >= 15 is 0 Å². The third-order valence-corrected chi connectivity index (χ3v) is 16.3. The summed E-state index contributed by atoms with van der Waals surface area (Å²) in [6.45, 7) is 8.70. The van der Waals surface area contributed by atoms with Gasteiger partial charge in [0.1, 0.15) is 0 Å². The molecule has 10 aromatic rings. The number of aliphatic imine (C=N–C) groups is 4. The average molecular weight is 839 g/mol. The molecule has 0 unspecified atom stereocenters. The van der Waals surface area contributed by atoms with E-state index in [1.54, 1.807) is 0 Å². The van der Waals surface area contributed by atoms with E-state index in [-0.39, 0.29) is 0 Å². The summed E-state index contributed by atoms with van der Waals surface area (Å²) in [7, 11) is 0. The zero-order chi connectivity index (χ0) is 40.4. The average Bonchev–Trinajstić information content (AvgIpc) is 3.94. The minimum atomic E-state index is -1.81. The Balaban J connectivity index is 1.22. The van der Waals surface area contributed by atoms with Gasteiger partial charge in [-0.3, -0.25) is 0 Å². The fourth-order valence-electron chi connectivity index (χ4n) is 10.1. The number of rotatable bonds is 0. The number of nitrogens with zero attached hydrogens (tertiary/aromatic N) is 8. The molecule has 14 rings (SSSR count). The van der Waals surface area contributed by atoms with Crippen LogP contribution in [0.5, 0.6) is 0 Å². The number of aryl methyl sites for hydroxylation is 4. The van der Waals surface area contributed by atoms with Gasteiger partial charge >= 0.3 is 359 Å². The Morgan fingerprint density at radius 2 is 0.689 bits per heavy atom. The molecule has 8 aromatic carbocycles. The fourth-order valence-corrected chi connectivity index (χ4v) is 13.2. The second-order valence-corrected chi connectivity index (χ2v) is 19.5. The van der Waals surface area contributed by atoms with E-state index in [0.717, 1.165) is 88.0 Å². The number of hydrogen-bond acceptors (Lipinski definition) is 6. The van der Waals surface area contributed by atoms with Crippen LogP contribution < -0.4 is 11.0 Å². The van der Waals surface area contributed by atoms with Crippen molar-refractivity contribution >= 4 is 118 Å². The van der Waals surface area contributed by atoms with Gasteiger partial charge in [0, 0.05) is 0 Å². The van der Waals surface area contributed by atoms with E-state index in [1.165, 1.54) is 43.8 Å². The molecule has 6 heterocycles. The van der Waals surface area contributed by atoms with Crippen LogP contribution in [0.1, 0.15) is 44.5 Å². The van der Waals surface area contributed by atoms with E-state index in [9.17, 15) is 0 Å². The van der Waals surface area contributed by atoms with Crippen molar-refractivity contribution in [1.29, 1.82) is 0 Å². The summed E-state index contributed by atoms with van der Waals surface area (Å²) in [5.74, 6) is 4.35. The molecule has 0 spiro atoms. The van der Waals surface area contributed by atoms with Gasteiger partial charge in [0.15, 0.2) is 0 Å². The van der Waals surface area contributed by atoms with Gasteiger partial charge in [-0.1, -0.05) is 0 Å². The van der Waals surface area contributed by atoms with Crippen LogP contribution in [0.2, 0.25) is 0 Å². The van der Waals surface area contributed by atoms with Crippen LogP contribution in [0.15, 0.2) is 151 Å². The summed E-state index contributed by atoms with van der Waals surface area (Å²) >= 11 is -1.81. The monoisotopic (exact) mass is 837 g/mol. The minimum absolute atomic E-state index is 0.662. The van der Waals surface area contributed by atoms with E-state index in [0.29, 0.717) is 23.3 Å². The molecule has 6 bridgehead atoms. The first-order valence-electron chi connectivity index (χ1n) is 20.7. The van der Waals surface area contributed by atoms with Crippen molar-refractivity contribution in [3.05, 3.63) is 177 Å². The molecule has 0 saturated carbocycles. The molecule has 0 N–H and O–H groups in total. The topological polar surface area (TPSA) is 84.0 Å². The van der Waals surface area contributed by atoms with Crippen molar-refractivity contribution in [2.45, 2.75) is 27.7 Å². The summed E-state index contributed by atoms with van der Waals surface area (Å²) in [5, 5.41) is 13.5. The Labute approximate surface area is 356 Å². The SMILES string of the molecule is Cc1cccc2cc3c(cc12)C1=NC3=Nc2c3cc4c(C)cccc4cc3c3[n]2[Ga][n]2c(c4cc5cccc(C)c5cc4c2=NC2=NC(=N3)c3cc4c(C)cccc4cc32)=N1. The first kappa shape index (κ1) is 33.6. The van der Waals surface area contributed by atoms with Gasteiger partial charge in [-0.05, 0) is 0 Å². The third-order valence-electron chi connectivity index (χ3n) is 13.3. The summed E-state index contributed by atoms with van der Waals surface area (Å²) in [4.78, 5) is 33.3. The Hall–Kier alpha value is -7.20. The van der Waals surface area contributed by atoms with E-state index in [4.69, 9.17) is 30.0 Å². The standard InChI is InChI=1S/C52H32N8.Ga/c1-25-9-5-13-29-17-37-41(21-33(25)29)49-53-45(37)58-50-43-23-35-27(3)11-7-15-31(35)19-39(43)47(55-50)60-52-44-24-36-28(4)12-8-16-32(36)20-40(44)48(56-52)59-51-42-22-34-26(2)10-6-14-30(34)18-38(42)46(54-51)57-49;/h5-24H,1-4H3;/q-2;+2. The van der Waals surface area contributed by atoms with E-state index in [2.05, 4.69) is 156 Å². The quantitative estimate of drug-likeness (QED) is 0.136. The van der Waals surface area contributed by atoms with Gasteiger partial charge < -0.3 is 0 Å². The Bertz CT molecular complexity index is 4060. The zero-order valence-corrected chi connectivity index (χ0v) is 36.1. The molecule has 8 nitrogen and oxygen atoms in total. The van der Waals surface area contributed by atoms with Crippen LogP contribution in [0.4, 0.5) is 11.6 Å². The molecule has 0 saturated heterocycles. The molecule has 1 radical (unpaired) electrons. The third kappa shape index (κ3) is 4.56. The van der Waals surface area contributed by atoms with Crippen LogP contribution in [0.25, 0.3) is 64.6 Å². The maximum absolute atomic E-state index is 5.64. The molecule has 0 amide bonds. The molecule has 0 aliphatic carbocycles. The summed E-state index contributed by atoms with van der Waals surface area (Å²) < 4.78 is 4.80. The molecule has 61 heavy (non-hydrogen) atoms. The number of aromatic nitrogens is 2. The molecule has 283 valence electrons. The second-order valence-electron chi connectivity index (χ2n) is 16.9. The van der Waals surface area contributed by atoms with E-state index in [1.807, 2.05) is 0 Å². The van der Waals surface area contributed by atoms with Crippen molar-refractivity contribution in [3.63, 3.8) is 0 Å². The van der Waals surface area contributed by atoms with Gasteiger partial charge in [-0.2, -0.15) is 0 Å². The van der Waals surface area contributed by atoms with Crippen molar-refractivity contribution in [2.24, 2.45) is 30.0 Å². The fraction of sp³-hybridized carbons (Fsp3) is 0.0769. The Morgan fingerprint density at radius 3 is 1.18 bits per heavy atom. The van der Waals surface area contributed by atoms with Crippen LogP contribution in [0.3, 0.4) is 0 Å². The predicted molar refractivity (Wildman–Crippen MR) is 250 cm³/mol. The zero-order valence-electron chi connectivity index (χ0n) is 33.7. The van der Waals surface area contributed by atoms with Gasteiger partial charge in [0.05, 0.1) is 0 Å². The Morgan fingerprint density at radius 1 is 0.328 bits per heavy atom. The predicted octanol–water partition coefficient (Wildman–Crippen LogP) is 10.3. The summed E-state index contributed by atoms with van der Waals surface area (Å²) in [6, 6.07) is 44.2. The number of amidine groups is 4. The molecule has 4 aliphatic heterocycles. The number of benzene rings is 8. The van der Waals surface area contributed by atoms with Crippen LogP contribution >= 0.6 is 0 Å². The van der Waals surface area contributed by atoms with Gasteiger partial charge in [-0.25, -0.2) is 0 Å². The molecule has 4 aliphatic rings. The normalized spacial score (nSPS) is 14.7. The van der Waals surface area contributed by atoms with E-state index < -0.39 is 17.9 Å². The first-order valence-corrected chi connectivity index (χ1v) is 22.9. The summed E-state index contributed by atoms with van der Waals surface area (Å²) in [6.07, 6.45) is 0. The molecular weight excluding hydrogens is 806 g/mol. The van der Waals surface area contributed by atoms with Crippen LogP contribution in [0, 0.1) is 27.7 Å². The number of fused-ring (bicyclic) bond motifs is 18. The van der Waals surface area contributed by atoms with Gasteiger partial charge in [-0.15, -0.1) is 0 Å². The van der Waals surface area contributed by atoms with Crippen LogP contribution in [-0.4, -0.2) is 47.8 Å². The maximum atomic E-state index is 5.64. The van der Waals surface area contributed by atoms with Crippen molar-refractivity contribution < 1.29 is 0 Å². The first-order chi connectivity index (χ1) is 29.8. The molecule has 0 atom stereocenters. The van der Waals surface area contributed by atoms with Crippen molar-refractivity contribution in [2.75, 3.05) is 0 Å². The Kier molecular flexibility index (Phi) is 6.47. The molecule has 0 fully saturated rings. The van der Waals surface area contributed by atoms with Crippen molar-refractivity contribution in [3.8, 4) is 0 Å².